The Morgan fingerprint density at radius 2 is 1.65 bits per heavy atom. The van der Waals surface area contributed by atoms with Crippen LogP contribution in [0.1, 0.15) is 44.9 Å². The molecular formula is C12H10Cl2O6. The van der Waals surface area contributed by atoms with Crippen LogP contribution in [-0.4, -0.2) is 34.2 Å². The minimum Gasteiger partial charge on any atom is -0.478 e. The smallest absolute Gasteiger partial charge is 0.340 e. The molecule has 0 radical (unpaired) electrons. The number of carboxylic acids is 2. The first-order valence-corrected chi connectivity index (χ1v) is 6.12. The molecule has 0 amide bonds. The zero-order valence-electron chi connectivity index (χ0n) is 10.4. The summed E-state index contributed by atoms with van der Waals surface area (Å²) in [5.74, 6) is -4.01. The Balaban J connectivity index is 3.60. The molecule has 0 atom stereocenters. The number of aromatic carboxylic acids is 2. The van der Waals surface area contributed by atoms with E-state index in [-0.39, 0.29) is 5.02 Å². The predicted molar refractivity (Wildman–Crippen MR) is 70.9 cm³/mol. The molecule has 2 N–H and O–H groups in total. The monoisotopic (exact) mass is 320 g/mol. The van der Waals surface area contributed by atoms with Crippen molar-refractivity contribution in [1.82, 2.24) is 0 Å². The van der Waals surface area contributed by atoms with Gasteiger partial charge in [-0.2, -0.15) is 0 Å². The van der Waals surface area contributed by atoms with Gasteiger partial charge in [-0.05, 0) is 19.9 Å². The minimum atomic E-state index is -1.57. The summed E-state index contributed by atoms with van der Waals surface area (Å²) in [6.07, 6.45) is -0.502. The number of carbonyl (C=O) groups excluding carboxylic acids is 1. The molecule has 0 saturated heterocycles. The average molecular weight is 321 g/mol. The number of ether oxygens (including phenoxy) is 1. The Bertz CT molecular complexity index is 594. The fraction of sp³-hybridized carbons (Fsp3) is 0.250. The second kappa shape index (κ2) is 6.11. The number of carbonyl (C=O) groups is 3. The summed E-state index contributed by atoms with van der Waals surface area (Å²) in [4.78, 5) is 34.0. The van der Waals surface area contributed by atoms with E-state index in [0.717, 1.165) is 6.07 Å². The number of rotatable bonds is 4. The molecule has 0 aliphatic heterocycles. The lowest BCUT2D eigenvalue weighted by Gasteiger charge is -2.13. The molecule has 6 nitrogen and oxygen atoms in total. The van der Waals surface area contributed by atoms with E-state index in [9.17, 15) is 14.4 Å². The van der Waals surface area contributed by atoms with E-state index in [0.29, 0.717) is 0 Å². The summed E-state index contributed by atoms with van der Waals surface area (Å²) in [6.45, 7) is 3.14. The Hall–Kier alpha value is -1.79. The van der Waals surface area contributed by atoms with Gasteiger partial charge >= 0.3 is 17.9 Å². The molecule has 0 unspecified atom stereocenters. The summed E-state index contributed by atoms with van der Waals surface area (Å²) < 4.78 is 4.87. The van der Waals surface area contributed by atoms with Gasteiger partial charge in [0.05, 0.1) is 32.8 Å². The van der Waals surface area contributed by atoms with Crippen molar-refractivity contribution in [3.05, 3.63) is 32.8 Å². The van der Waals surface area contributed by atoms with E-state index >= 15 is 0 Å². The van der Waals surface area contributed by atoms with Gasteiger partial charge in [0.1, 0.15) is 0 Å². The Morgan fingerprint density at radius 1 is 1.10 bits per heavy atom. The van der Waals surface area contributed by atoms with Gasteiger partial charge in [0.15, 0.2) is 0 Å². The zero-order valence-corrected chi connectivity index (χ0v) is 11.9. The van der Waals surface area contributed by atoms with Crippen molar-refractivity contribution in [3.8, 4) is 0 Å². The number of esters is 1. The van der Waals surface area contributed by atoms with Gasteiger partial charge in [-0.3, -0.25) is 0 Å². The largest absolute Gasteiger partial charge is 0.478 e. The second-order valence-electron chi connectivity index (χ2n) is 4.03. The molecule has 0 spiro atoms. The van der Waals surface area contributed by atoms with Gasteiger partial charge in [0, 0.05) is 0 Å². The number of carboxylic acid groups (broad SMARTS) is 2. The molecule has 0 heterocycles. The van der Waals surface area contributed by atoms with E-state index < -0.39 is 45.7 Å². The molecular weight excluding hydrogens is 311 g/mol. The maximum Gasteiger partial charge on any atom is 0.340 e. The molecule has 0 aromatic heterocycles. The van der Waals surface area contributed by atoms with Crippen LogP contribution < -0.4 is 0 Å². The number of hydrogen-bond acceptors (Lipinski definition) is 4. The van der Waals surface area contributed by atoms with Crippen molar-refractivity contribution in [3.63, 3.8) is 0 Å². The Labute approximate surface area is 123 Å². The molecule has 1 aromatic rings. The molecule has 0 aliphatic rings. The molecule has 0 fully saturated rings. The number of hydrogen-bond donors (Lipinski definition) is 2. The van der Waals surface area contributed by atoms with Gasteiger partial charge in [-0.1, -0.05) is 23.2 Å². The van der Waals surface area contributed by atoms with Gasteiger partial charge in [-0.25, -0.2) is 14.4 Å². The molecule has 8 heteroatoms. The minimum absolute atomic E-state index is 0.352. The third-order valence-electron chi connectivity index (χ3n) is 2.21. The third-order valence-corrected chi connectivity index (χ3v) is 2.90. The van der Waals surface area contributed by atoms with Gasteiger partial charge < -0.3 is 14.9 Å². The first-order valence-electron chi connectivity index (χ1n) is 5.36. The fourth-order valence-electron chi connectivity index (χ4n) is 1.46. The maximum atomic E-state index is 11.9. The van der Waals surface area contributed by atoms with Gasteiger partial charge in [0.2, 0.25) is 0 Å². The summed E-state index contributed by atoms with van der Waals surface area (Å²) >= 11 is 11.5. The highest BCUT2D eigenvalue weighted by atomic mass is 35.5. The van der Waals surface area contributed by atoms with Crippen molar-refractivity contribution in [2.45, 2.75) is 20.0 Å². The van der Waals surface area contributed by atoms with E-state index in [2.05, 4.69) is 0 Å². The molecule has 20 heavy (non-hydrogen) atoms. The van der Waals surface area contributed by atoms with Crippen molar-refractivity contribution in [2.24, 2.45) is 0 Å². The van der Waals surface area contributed by atoms with Crippen molar-refractivity contribution in [2.75, 3.05) is 0 Å². The molecule has 0 bridgehead atoms. The number of halogens is 2. The zero-order chi connectivity index (χ0) is 15.6. The first-order chi connectivity index (χ1) is 9.16. The van der Waals surface area contributed by atoms with Crippen LogP contribution in [0.4, 0.5) is 0 Å². The van der Waals surface area contributed by atoms with E-state index in [1.165, 1.54) is 0 Å². The standard InChI is InChI=1S/C12H10Cl2O6/c1-4(2)20-12(19)7-6(13)3-5(10(15)16)9(14)8(7)11(17)18/h3-4H,1-2H3,(H,15,16)(H,17,18). The van der Waals surface area contributed by atoms with Crippen molar-refractivity contribution in [1.29, 1.82) is 0 Å². The van der Waals surface area contributed by atoms with Gasteiger partial charge in [0.25, 0.3) is 0 Å². The Kier molecular flexibility index (Phi) is 4.97. The lowest BCUT2D eigenvalue weighted by molar-refractivity contribution is 0.0370. The van der Waals surface area contributed by atoms with Crippen LogP contribution in [-0.2, 0) is 4.74 Å². The van der Waals surface area contributed by atoms with E-state index in [4.69, 9.17) is 38.2 Å². The summed E-state index contributed by atoms with van der Waals surface area (Å²) in [7, 11) is 0. The highest BCUT2D eigenvalue weighted by molar-refractivity contribution is 6.40. The van der Waals surface area contributed by atoms with Crippen LogP contribution in [0.2, 0.25) is 10.0 Å². The summed E-state index contributed by atoms with van der Waals surface area (Å²) in [5, 5.41) is 17.1. The van der Waals surface area contributed by atoms with Crippen molar-refractivity contribution >= 4 is 41.1 Å². The normalized spacial score (nSPS) is 10.4. The van der Waals surface area contributed by atoms with Crippen LogP contribution in [0, 0.1) is 0 Å². The lowest BCUT2D eigenvalue weighted by Crippen LogP contribution is -2.18. The summed E-state index contributed by atoms with van der Waals surface area (Å²) in [6, 6.07) is 0.912. The Morgan fingerprint density at radius 3 is 2.05 bits per heavy atom. The highest BCUT2D eigenvalue weighted by Crippen LogP contribution is 2.32. The second-order valence-corrected chi connectivity index (χ2v) is 4.82. The molecule has 108 valence electrons. The topological polar surface area (TPSA) is 101 Å². The highest BCUT2D eigenvalue weighted by Gasteiger charge is 2.29. The molecule has 0 aliphatic carbocycles. The lowest BCUT2D eigenvalue weighted by atomic mass is 10.0. The van der Waals surface area contributed by atoms with Crippen LogP contribution in [0.5, 0.6) is 0 Å². The predicted octanol–water partition coefficient (Wildman–Crippen LogP) is 2.96. The molecule has 0 saturated carbocycles. The van der Waals surface area contributed by atoms with Crippen LogP contribution in [0.15, 0.2) is 6.07 Å². The quantitative estimate of drug-likeness (QED) is 0.827. The fourth-order valence-corrected chi connectivity index (χ4v) is 2.05. The van der Waals surface area contributed by atoms with Crippen LogP contribution >= 0.6 is 23.2 Å². The SMILES string of the molecule is CC(C)OC(=O)c1c(Cl)cc(C(=O)O)c(Cl)c1C(=O)O. The van der Waals surface area contributed by atoms with Gasteiger partial charge in [-0.15, -0.1) is 0 Å². The van der Waals surface area contributed by atoms with E-state index in [1.807, 2.05) is 0 Å². The third kappa shape index (κ3) is 3.20. The maximum absolute atomic E-state index is 11.9. The van der Waals surface area contributed by atoms with Crippen LogP contribution in [0.25, 0.3) is 0 Å². The first kappa shape index (κ1) is 16.3. The van der Waals surface area contributed by atoms with E-state index in [1.54, 1.807) is 13.8 Å². The summed E-state index contributed by atoms with van der Waals surface area (Å²) in [5.41, 5.74) is -1.67. The van der Waals surface area contributed by atoms with Crippen molar-refractivity contribution < 1.29 is 29.3 Å². The average Bonchev–Trinajstić information content (AvgIpc) is 2.28. The van der Waals surface area contributed by atoms with Crippen LogP contribution in [0.3, 0.4) is 0 Å². The molecule has 1 rings (SSSR count). The number of benzene rings is 1. The molecule has 1 aromatic carbocycles.